The summed E-state index contributed by atoms with van der Waals surface area (Å²) in [7, 11) is 2.50. The van der Waals surface area contributed by atoms with Crippen molar-refractivity contribution in [3.63, 3.8) is 0 Å². The summed E-state index contributed by atoms with van der Waals surface area (Å²) < 4.78 is 13.5. The molecule has 0 aliphatic carbocycles. The van der Waals surface area contributed by atoms with E-state index in [9.17, 15) is 0 Å². The van der Waals surface area contributed by atoms with Gasteiger partial charge in [-0.05, 0) is 12.8 Å². The summed E-state index contributed by atoms with van der Waals surface area (Å²) in [5, 5.41) is 0. The van der Waals surface area contributed by atoms with Gasteiger partial charge in [-0.2, -0.15) is 0 Å². The SMILES string of the molecule is CCCCCOC(CSSCC(OCCCCC)[SiH](CCCCC)CCCCC)[SiH](CCCCC)CCCCC. The maximum Gasteiger partial charge on any atom is 0.0728 e. The van der Waals surface area contributed by atoms with E-state index in [0.29, 0.717) is 11.5 Å². The van der Waals surface area contributed by atoms with Gasteiger partial charge < -0.3 is 9.47 Å². The van der Waals surface area contributed by atoms with Crippen LogP contribution in [-0.2, 0) is 9.47 Å². The van der Waals surface area contributed by atoms with Crippen LogP contribution in [0.1, 0.15) is 157 Å². The van der Waals surface area contributed by atoms with E-state index in [1.165, 1.54) is 151 Å². The minimum absolute atomic E-state index is 0.564. The van der Waals surface area contributed by atoms with E-state index >= 15 is 0 Å². The number of hydrogen-bond acceptors (Lipinski definition) is 4. The highest BCUT2D eigenvalue weighted by molar-refractivity contribution is 8.76. The van der Waals surface area contributed by atoms with Crippen molar-refractivity contribution in [1.82, 2.24) is 0 Å². The fourth-order valence-electron chi connectivity index (χ4n) is 5.70. The quantitative estimate of drug-likeness (QED) is 0.0406. The highest BCUT2D eigenvalue weighted by Gasteiger charge is 2.26. The molecule has 0 N–H and O–H groups in total. The highest BCUT2D eigenvalue weighted by Crippen LogP contribution is 2.30. The summed E-state index contributed by atoms with van der Waals surface area (Å²) in [6.45, 7) is 16.0. The molecule has 2 unspecified atom stereocenters. The lowest BCUT2D eigenvalue weighted by Crippen LogP contribution is -2.37. The molecule has 0 aliphatic rings. The average Bonchev–Trinajstić information content (AvgIpc) is 2.96. The van der Waals surface area contributed by atoms with Gasteiger partial charge in [-0.3, -0.25) is 0 Å². The predicted octanol–water partition coefficient (Wildman–Crippen LogP) is 11.8. The van der Waals surface area contributed by atoms with Crippen LogP contribution in [0.15, 0.2) is 0 Å². The topological polar surface area (TPSA) is 18.5 Å². The lowest BCUT2D eigenvalue weighted by molar-refractivity contribution is 0.112. The van der Waals surface area contributed by atoms with E-state index in [-0.39, 0.29) is 0 Å². The monoisotopic (exact) mass is 634 g/mol. The van der Waals surface area contributed by atoms with Gasteiger partial charge in [0.15, 0.2) is 0 Å². The molecular weight excluding hydrogens is 561 g/mol. The largest absolute Gasteiger partial charge is 0.381 e. The standard InChI is InChI=1S/C34H74O2S2Si2/c1-7-13-19-25-35-33(39(27-21-15-9-3)28-22-16-10-4)31-37-38-32-34(36-26-20-14-8-2)40(29-23-17-11-5)30-24-18-12-6/h33-34,39-40H,7-32H2,1-6H3. The maximum absolute atomic E-state index is 6.75. The molecule has 0 saturated carbocycles. The third-order valence-electron chi connectivity index (χ3n) is 8.47. The zero-order valence-corrected chi connectivity index (χ0v) is 32.3. The molecule has 0 aliphatic heterocycles. The molecule has 0 fully saturated rings. The average molecular weight is 635 g/mol. The van der Waals surface area contributed by atoms with Gasteiger partial charge in [0.05, 0.1) is 29.0 Å². The molecule has 0 spiro atoms. The second kappa shape index (κ2) is 33.0. The van der Waals surface area contributed by atoms with Gasteiger partial charge in [-0.15, -0.1) is 0 Å². The summed E-state index contributed by atoms with van der Waals surface area (Å²) in [4.78, 5) is 0. The van der Waals surface area contributed by atoms with Gasteiger partial charge in [0.2, 0.25) is 0 Å². The number of hydrogen-bond donors (Lipinski definition) is 0. The van der Waals surface area contributed by atoms with Crippen LogP contribution in [0.3, 0.4) is 0 Å². The Morgan fingerprint density at radius 3 is 0.950 bits per heavy atom. The summed E-state index contributed by atoms with van der Waals surface area (Å²) in [6.07, 6.45) is 24.4. The molecule has 0 aromatic rings. The fraction of sp³-hybridized carbons (Fsp3) is 1.00. The smallest absolute Gasteiger partial charge is 0.0728 e. The third-order valence-corrected chi connectivity index (χ3v) is 19.1. The van der Waals surface area contributed by atoms with Crippen LogP contribution in [0.4, 0.5) is 0 Å². The Bertz CT molecular complexity index is 425. The third kappa shape index (κ3) is 24.5. The Morgan fingerprint density at radius 2 is 0.675 bits per heavy atom. The minimum atomic E-state index is -0.895. The van der Waals surface area contributed by atoms with Crippen LogP contribution >= 0.6 is 21.6 Å². The molecule has 0 bridgehead atoms. The first-order valence-electron chi connectivity index (χ1n) is 18.2. The Morgan fingerprint density at radius 1 is 0.400 bits per heavy atom. The van der Waals surface area contributed by atoms with Crippen molar-refractivity contribution in [2.45, 2.75) is 193 Å². The van der Waals surface area contributed by atoms with Crippen molar-refractivity contribution >= 4 is 39.2 Å². The van der Waals surface area contributed by atoms with Gasteiger partial charge in [-0.1, -0.05) is 190 Å². The molecule has 6 heteroatoms. The molecule has 0 saturated heterocycles. The van der Waals surface area contributed by atoms with Gasteiger partial charge in [0, 0.05) is 24.7 Å². The molecule has 2 nitrogen and oxygen atoms in total. The van der Waals surface area contributed by atoms with Crippen LogP contribution < -0.4 is 0 Å². The summed E-state index contributed by atoms with van der Waals surface area (Å²) in [5.41, 5.74) is 1.13. The summed E-state index contributed by atoms with van der Waals surface area (Å²) in [6, 6.07) is 5.98. The first kappa shape index (κ1) is 41.1. The summed E-state index contributed by atoms with van der Waals surface area (Å²) >= 11 is 0. The van der Waals surface area contributed by atoms with E-state index in [1.807, 2.05) is 0 Å². The van der Waals surface area contributed by atoms with E-state index in [0.717, 1.165) is 13.2 Å². The number of unbranched alkanes of at least 4 members (excludes halogenated alkanes) is 12. The molecular formula is C34H74O2S2Si2. The van der Waals surface area contributed by atoms with E-state index in [2.05, 4.69) is 63.1 Å². The molecule has 2 atom stereocenters. The van der Waals surface area contributed by atoms with Crippen LogP contribution in [0.5, 0.6) is 0 Å². The van der Waals surface area contributed by atoms with Crippen molar-refractivity contribution in [2.24, 2.45) is 0 Å². The van der Waals surface area contributed by atoms with Gasteiger partial charge in [0.1, 0.15) is 0 Å². The van der Waals surface area contributed by atoms with Crippen LogP contribution in [-0.4, -0.2) is 53.8 Å². The van der Waals surface area contributed by atoms with Crippen LogP contribution in [0.2, 0.25) is 24.2 Å². The van der Waals surface area contributed by atoms with Crippen LogP contribution in [0.25, 0.3) is 0 Å². The van der Waals surface area contributed by atoms with E-state index in [1.54, 1.807) is 0 Å². The molecule has 0 radical (unpaired) electrons. The van der Waals surface area contributed by atoms with Crippen molar-refractivity contribution in [1.29, 1.82) is 0 Å². The second-order valence-electron chi connectivity index (χ2n) is 12.3. The molecule has 40 heavy (non-hydrogen) atoms. The maximum atomic E-state index is 6.75. The van der Waals surface area contributed by atoms with E-state index < -0.39 is 17.6 Å². The Hall–Kier alpha value is 1.05. The molecule has 0 amide bonds. The predicted molar refractivity (Wildman–Crippen MR) is 195 cm³/mol. The Kier molecular flexibility index (Phi) is 33.8. The second-order valence-corrected chi connectivity index (χ2v) is 21.7. The van der Waals surface area contributed by atoms with Crippen molar-refractivity contribution in [3.8, 4) is 0 Å². The van der Waals surface area contributed by atoms with Gasteiger partial charge in [-0.25, -0.2) is 0 Å². The van der Waals surface area contributed by atoms with E-state index in [4.69, 9.17) is 9.47 Å². The fourth-order valence-corrected chi connectivity index (χ4v) is 17.5. The molecule has 0 heterocycles. The molecule has 242 valence electrons. The highest BCUT2D eigenvalue weighted by atomic mass is 33.1. The normalized spacial score (nSPS) is 13.5. The summed E-state index contributed by atoms with van der Waals surface area (Å²) in [5.74, 6) is 2.43. The number of ether oxygens (including phenoxy) is 2. The Labute approximate surface area is 265 Å². The lowest BCUT2D eigenvalue weighted by Gasteiger charge is -2.28. The van der Waals surface area contributed by atoms with Crippen LogP contribution in [0, 0.1) is 0 Å². The van der Waals surface area contributed by atoms with Gasteiger partial charge >= 0.3 is 0 Å². The zero-order valence-electron chi connectivity index (χ0n) is 28.3. The lowest BCUT2D eigenvalue weighted by atomic mass is 10.3. The van der Waals surface area contributed by atoms with Gasteiger partial charge in [0.25, 0.3) is 0 Å². The van der Waals surface area contributed by atoms with Crippen molar-refractivity contribution < 1.29 is 9.47 Å². The minimum Gasteiger partial charge on any atom is -0.381 e. The first-order valence-corrected chi connectivity index (χ1v) is 25.2. The molecule has 0 rings (SSSR count). The number of rotatable bonds is 33. The molecule has 0 aromatic heterocycles. The Balaban J connectivity index is 5.22. The van der Waals surface area contributed by atoms with Crippen molar-refractivity contribution in [3.05, 3.63) is 0 Å². The van der Waals surface area contributed by atoms with Crippen molar-refractivity contribution in [2.75, 3.05) is 24.7 Å². The first-order chi connectivity index (χ1) is 19.7. The molecule has 0 aromatic carbocycles. The zero-order chi connectivity index (χ0) is 29.5.